The summed E-state index contributed by atoms with van der Waals surface area (Å²) in [5, 5.41) is 15.8. The highest BCUT2D eigenvalue weighted by molar-refractivity contribution is 6.31. The van der Waals surface area contributed by atoms with Crippen molar-refractivity contribution in [2.24, 2.45) is 0 Å². The number of aromatic carboxylic acids is 1. The van der Waals surface area contributed by atoms with Crippen LogP contribution in [0.5, 0.6) is 0 Å². The first-order valence-corrected chi connectivity index (χ1v) is 5.06. The number of hydrogen-bond donors (Lipinski definition) is 1. The topological polar surface area (TPSA) is 68.0 Å². The molecule has 1 heterocycles. The number of aromatic nitrogens is 3. The van der Waals surface area contributed by atoms with Crippen LogP contribution in [-0.2, 0) is 0 Å². The summed E-state index contributed by atoms with van der Waals surface area (Å²) in [4.78, 5) is 11.0. The monoisotopic (exact) mass is 275 g/mol. The fourth-order valence-corrected chi connectivity index (χ4v) is 1.58. The largest absolute Gasteiger partial charge is 0.478 e. The Morgan fingerprint density at radius 3 is 2.65 bits per heavy atom. The maximum absolute atomic E-state index is 13.6. The molecule has 1 aromatic carbocycles. The van der Waals surface area contributed by atoms with Crippen LogP contribution in [0.2, 0.25) is 10.2 Å². The van der Waals surface area contributed by atoms with Gasteiger partial charge in [-0.3, -0.25) is 0 Å². The van der Waals surface area contributed by atoms with Crippen LogP contribution in [-0.4, -0.2) is 26.1 Å². The average molecular weight is 276 g/mol. The summed E-state index contributed by atoms with van der Waals surface area (Å²) in [5.41, 5.74) is -0.585. The molecule has 2 aromatic rings. The van der Waals surface area contributed by atoms with E-state index in [0.29, 0.717) is 0 Å². The number of nitrogens with zero attached hydrogens (tertiary/aromatic N) is 3. The molecule has 88 valence electrons. The highest BCUT2D eigenvalue weighted by Crippen LogP contribution is 2.24. The van der Waals surface area contributed by atoms with Gasteiger partial charge < -0.3 is 5.11 Å². The molecule has 2 rings (SSSR count). The second-order valence-electron chi connectivity index (χ2n) is 3.05. The lowest BCUT2D eigenvalue weighted by atomic mass is 10.1. The van der Waals surface area contributed by atoms with E-state index in [1.54, 1.807) is 0 Å². The molecule has 8 heteroatoms. The number of halogens is 3. The first-order valence-electron chi connectivity index (χ1n) is 4.30. The molecule has 0 amide bonds. The molecule has 1 aromatic heterocycles. The molecule has 1 N–H and O–H groups in total. The Morgan fingerprint density at radius 2 is 2.12 bits per heavy atom. The van der Waals surface area contributed by atoms with Crippen molar-refractivity contribution in [2.45, 2.75) is 0 Å². The molecule has 0 radical (unpaired) electrons. The fourth-order valence-electron chi connectivity index (χ4n) is 1.30. The van der Waals surface area contributed by atoms with Gasteiger partial charge in [0.1, 0.15) is 5.56 Å². The number of hydrogen-bond acceptors (Lipinski definition) is 3. The van der Waals surface area contributed by atoms with Gasteiger partial charge in [-0.05, 0) is 12.1 Å². The Bertz CT molecular complexity index is 600. The Balaban J connectivity index is 2.70. The highest BCUT2D eigenvalue weighted by atomic mass is 35.5. The number of carboxylic acid groups (broad SMARTS) is 1. The van der Waals surface area contributed by atoms with E-state index in [1.165, 1.54) is 18.3 Å². The van der Waals surface area contributed by atoms with Crippen LogP contribution >= 0.6 is 23.2 Å². The zero-order valence-electron chi connectivity index (χ0n) is 8.06. The molecular formula is C9H4Cl2FN3O2. The molecule has 5 nitrogen and oxygen atoms in total. The summed E-state index contributed by atoms with van der Waals surface area (Å²) in [6.07, 6.45) is 1.26. The van der Waals surface area contributed by atoms with E-state index in [1.807, 2.05) is 0 Å². The Morgan fingerprint density at radius 1 is 1.41 bits per heavy atom. The van der Waals surface area contributed by atoms with E-state index in [0.717, 1.165) is 4.68 Å². The van der Waals surface area contributed by atoms with Crippen LogP contribution in [0.1, 0.15) is 10.4 Å². The average Bonchev–Trinajstić information content (AvgIpc) is 2.68. The third-order valence-corrected chi connectivity index (χ3v) is 2.46. The molecule has 0 bridgehead atoms. The van der Waals surface area contributed by atoms with E-state index in [4.69, 9.17) is 28.3 Å². The summed E-state index contributed by atoms with van der Waals surface area (Å²) in [5.74, 6) is -2.48. The van der Waals surface area contributed by atoms with Crippen LogP contribution < -0.4 is 0 Å². The molecule has 0 aliphatic heterocycles. The lowest BCUT2D eigenvalue weighted by molar-refractivity contribution is 0.0691. The van der Waals surface area contributed by atoms with Gasteiger partial charge in [0.15, 0.2) is 11.0 Å². The maximum Gasteiger partial charge on any atom is 0.340 e. The van der Waals surface area contributed by atoms with Crippen molar-refractivity contribution in [3.63, 3.8) is 0 Å². The molecule has 0 unspecified atom stereocenters. The predicted octanol–water partition coefficient (Wildman–Crippen LogP) is 2.41. The molecule has 0 saturated heterocycles. The third kappa shape index (κ3) is 2.09. The van der Waals surface area contributed by atoms with Crippen LogP contribution in [0, 0.1) is 5.82 Å². The van der Waals surface area contributed by atoms with E-state index in [2.05, 4.69) is 10.3 Å². The zero-order valence-corrected chi connectivity index (χ0v) is 9.57. The van der Waals surface area contributed by atoms with Crippen molar-refractivity contribution >= 4 is 29.2 Å². The van der Waals surface area contributed by atoms with Gasteiger partial charge in [0.25, 0.3) is 0 Å². The van der Waals surface area contributed by atoms with Crippen molar-refractivity contribution in [3.05, 3.63) is 39.9 Å². The maximum atomic E-state index is 13.6. The highest BCUT2D eigenvalue weighted by Gasteiger charge is 2.20. The van der Waals surface area contributed by atoms with Gasteiger partial charge in [-0.25, -0.2) is 13.9 Å². The molecule has 0 spiro atoms. The van der Waals surface area contributed by atoms with E-state index < -0.39 is 17.3 Å². The standard InChI is InChI=1S/C9H4Cl2FN3O2/c10-4-1-2-5(7(8(4)12)9(16)17)15-3-6(11)13-14-15/h1-3H,(H,16,17). The van der Waals surface area contributed by atoms with E-state index in [9.17, 15) is 9.18 Å². The minimum Gasteiger partial charge on any atom is -0.478 e. The minimum atomic E-state index is -1.45. The first kappa shape index (κ1) is 11.8. The quantitative estimate of drug-likeness (QED) is 0.914. The van der Waals surface area contributed by atoms with Gasteiger partial charge in [-0.1, -0.05) is 28.4 Å². The molecule has 0 atom stereocenters. The first-order chi connectivity index (χ1) is 8.00. The molecule has 0 aliphatic carbocycles. The zero-order chi connectivity index (χ0) is 12.6. The van der Waals surface area contributed by atoms with Gasteiger partial charge in [0.05, 0.1) is 16.9 Å². The van der Waals surface area contributed by atoms with Gasteiger partial charge in [0, 0.05) is 0 Å². The lowest BCUT2D eigenvalue weighted by Crippen LogP contribution is -2.09. The smallest absolute Gasteiger partial charge is 0.340 e. The SMILES string of the molecule is O=C(O)c1c(-n2cc(Cl)nn2)ccc(Cl)c1F. The van der Waals surface area contributed by atoms with Gasteiger partial charge >= 0.3 is 5.97 Å². The van der Waals surface area contributed by atoms with Crippen molar-refractivity contribution in [1.29, 1.82) is 0 Å². The lowest BCUT2D eigenvalue weighted by Gasteiger charge is -2.07. The molecule has 17 heavy (non-hydrogen) atoms. The van der Waals surface area contributed by atoms with Gasteiger partial charge in [-0.15, -0.1) is 5.10 Å². The second-order valence-corrected chi connectivity index (χ2v) is 3.84. The molecule has 0 fully saturated rings. The van der Waals surface area contributed by atoms with Crippen LogP contribution in [0.3, 0.4) is 0 Å². The molecule has 0 saturated carbocycles. The summed E-state index contributed by atoms with van der Waals surface area (Å²) >= 11 is 11.1. The number of carbonyl (C=O) groups is 1. The minimum absolute atomic E-state index is 0.00111. The van der Waals surface area contributed by atoms with E-state index >= 15 is 0 Å². The Hall–Kier alpha value is -1.66. The summed E-state index contributed by atoms with van der Waals surface area (Å²) in [6.45, 7) is 0. The van der Waals surface area contributed by atoms with Crippen LogP contribution in [0.25, 0.3) is 5.69 Å². The van der Waals surface area contributed by atoms with Crippen LogP contribution in [0.15, 0.2) is 18.3 Å². The fraction of sp³-hybridized carbons (Fsp3) is 0. The summed E-state index contributed by atoms with van der Waals surface area (Å²) in [7, 11) is 0. The molecule has 0 aliphatic rings. The van der Waals surface area contributed by atoms with Gasteiger partial charge in [-0.2, -0.15) is 0 Å². The predicted molar refractivity (Wildman–Crippen MR) is 58.3 cm³/mol. The summed E-state index contributed by atoms with van der Waals surface area (Å²) < 4.78 is 14.7. The van der Waals surface area contributed by atoms with Crippen molar-refractivity contribution in [2.75, 3.05) is 0 Å². The third-order valence-electron chi connectivity index (χ3n) is 2.00. The molecular weight excluding hydrogens is 272 g/mol. The number of carboxylic acids is 1. The van der Waals surface area contributed by atoms with Crippen molar-refractivity contribution in [3.8, 4) is 5.69 Å². The number of rotatable bonds is 2. The number of benzene rings is 1. The van der Waals surface area contributed by atoms with Crippen molar-refractivity contribution < 1.29 is 14.3 Å². The second kappa shape index (κ2) is 4.31. The Kier molecular flexibility index (Phi) is 2.99. The van der Waals surface area contributed by atoms with Gasteiger partial charge in [0.2, 0.25) is 0 Å². The van der Waals surface area contributed by atoms with Crippen LogP contribution in [0.4, 0.5) is 4.39 Å². The normalized spacial score (nSPS) is 10.5. The summed E-state index contributed by atoms with van der Waals surface area (Å²) in [6, 6.07) is 2.55. The Labute approximate surface area is 104 Å². The van der Waals surface area contributed by atoms with E-state index in [-0.39, 0.29) is 15.9 Å². The van der Waals surface area contributed by atoms with Crippen molar-refractivity contribution in [1.82, 2.24) is 15.0 Å².